The summed E-state index contributed by atoms with van der Waals surface area (Å²) in [6.07, 6.45) is 1.30. The molecule has 0 bridgehead atoms. The summed E-state index contributed by atoms with van der Waals surface area (Å²) in [5, 5.41) is 3.56. The minimum atomic E-state index is 0.245. The number of rotatable bonds is 3. The first-order valence-electron chi connectivity index (χ1n) is 5.16. The molecular weight excluding hydrogens is 164 g/mol. The predicted molar refractivity (Wildman–Crippen MR) is 52.5 cm³/mol. The fourth-order valence-corrected chi connectivity index (χ4v) is 1.93. The molecule has 2 fully saturated rings. The van der Waals surface area contributed by atoms with E-state index in [1.165, 1.54) is 6.42 Å². The zero-order valence-corrected chi connectivity index (χ0v) is 8.55. The van der Waals surface area contributed by atoms with Crippen LogP contribution < -0.4 is 11.1 Å². The SMILES string of the molecule is CC1(C)CC1NCC1COCC1N. The summed E-state index contributed by atoms with van der Waals surface area (Å²) in [5.74, 6) is 0.524. The van der Waals surface area contributed by atoms with Crippen molar-refractivity contribution in [2.24, 2.45) is 17.1 Å². The highest BCUT2D eigenvalue weighted by Crippen LogP contribution is 2.44. The maximum atomic E-state index is 5.89. The van der Waals surface area contributed by atoms with Gasteiger partial charge in [0.1, 0.15) is 0 Å². The number of hydrogen-bond donors (Lipinski definition) is 2. The van der Waals surface area contributed by atoms with E-state index in [-0.39, 0.29) is 6.04 Å². The first-order valence-corrected chi connectivity index (χ1v) is 5.16. The molecule has 2 rings (SSSR count). The molecule has 3 heteroatoms. The normalized spacial score (nSPS) is 42.2. The van der Waals surface area contributed by atoms with Crippen LogP contribution in [-0.2, 0) is 4.74 Å². The molecule has 3 atom stereocenters. The summed E-state index contributed by atoms with van der Waals surface area (Å²) in [7, 11) is 0. The quantitative estimate of drug-likeness (QED) is 0.665. The minimum Gasteiger partial charge on any atom is -0.379 e. The van der Waals surface area contributed by atoms with Crippen molar-refractivity contribution in [3.63, 3.8) is 0 Å². The molecule has 1 aliphatic carbocycles. The highest BCUT2D eigenvalue weighted by Gasteiger charge is 2.45. The molecule has 0 aromatic carbocycles. The number of ether oxygens (including phenoxy) is 1. The molecular formula is C10H20N2O. The van der Waals surface area contributed by atoms with E-state index in [0.29, 0.717) is 17.4 Å². The Morgan fingerprint density at radius 1 is 1.46 bits per heavy atom. The van der Waals surface area contributed by atoms with E-state index in [9.17, 15) is 0 Å². The molecule has 0 aromatic rings. The van der Waals surface area contributed by atoms with Crippen molar-refractivity contribution < 1.29 is 4.74 Å². The molecule has 0 aromatic heterocycles. The second kappa shape index (κ2) is 3.23. The van der Waals surface area contributed by atoms with E-state index in [1.54, 1.807) is 0 Å². The molecule has 2 aliphatic rings. The third-order valence-electron chi connectivity index (χ3n) is 3.39. The van der Waals surface area contributed by atoms with Gasteiger partial charge >= 0.3 is 0 Å². The van der Waals surface area contributed by atoms with E-state index >= 15 is 0 Å². The Morgan fingerprint density at radius 3 is 2.62 bits per heavy atom. The van der Waals surface area contributed by atoms with Crippen molar-refractivity contribution in [1.82, 2.24) is 5.32 Å². The predicted octanol–water partition coefficient (Wildman–Crippen LogP) is 0.348. The van der Waals surface area contributed by atoms with Gasteiger partial charge in [0.25, 0.3) is 0 Å². The van der Waals surface area contributed by atoms with Crippen molar-refractivity contribution in [2.75, 3.05) is 19.8 Å². The molecule has 13 heavy (non-hydrogen) atoms. The Bertz CT molecular complexity index is 193. The van der Waals surface area contributed by atoms with Gasteiger partial charge in [0.05, 0.1) is 13.2 Å². The standard InChI is InChI=1S/C10H20N2O/c1-10(2)3-9(10)12-4-7-5-13-6-8(7)11/h7-9,12H,3-6,11H2,1-2H3. The van der Waals surface area contributed by atoms with Crippen LogP contribution in [0.15, 0.2) is 0 Å². The average Bonchev–Trinajstić information content (AvgIpc) is 2.47. The molecule has 1 heterocycles. The Balaban J connectivity index is 1.68. The van der Waals surface area contributed by atoms with Crippen molar-refractivity contribution >= 4 is 0 Å². The molecule has 0 amide bonds. The fourth-order valence-electron chi connectivity index (χ4n) is 1.93. The summed E-state index contributed by atoms with van der Waals surface area (Å²) in [4.78, 5) is 0. The first kappa shape index (κ1) is 9.44. The van der Waals surface area contributed by atoms with Crippen LogP contribution in [0.25, 0.3) is 0 Å². The minimum absolute atomic E-state index is 0.245. The molecule has 1 saturated heterocycles. The van der Waals surface area contributed by atoms with Crippen molar-refractivity contribution in [3.05, 3.63) is 0 Å². The molecule has 76 valence electrons. The Kier molecular flexibility index (Phi) is 2.34. The van der Waals surface area contributed by atoms with Crippen LogP contribution in [-0.4, -0.2) is 31.8 Å². The maximum Gasteiger partial charge on any atom is 0.0621 e. The summed E-state index contributed by atoms with van der Waals surface area (Å²) >= 11 is 0. The average molecular weight is 184 g/mol. The van der Waals surface area contributed by atoms with Gasteiger partial charge in [0.15, 0.2) is 0 Å². The van der Waals surface area contributed by atoms with Crippen molar-refractivity contribution in [3.8, 4) is 0 Å². The molecule has 0 radical (unpaired) electrons. The third kappa shape index (κ3) is 2.03. The zero-order chi connectivity index (χ0) is 9.47. The third-order valence-corrected chi connectivity index (χ3v) is 3.39. The van der Waals surface area contributed by atoms with Crippen LogP contribution in [0, 0.1) is 11.3 Å². The van der Waals surface area contributed by atoms with Crippen LogP contribution in [0.2, 0.25) is 0 Å². The molecule has 0 spiro atoms. The number of hydrogen-bond acceptors (Lipinski definition) is 3. The lowest BCUT2D eigenvalue weighted by atomic mass is 10.0. The van der Waals surface area contributed by atoms with Gasteiger partial charge in [-0.1, -0.05) is 13.8 Å². The Morgan fingerprint density at radius 2 is 2.15 bits per heavy atom. The van der Waals surface area contributed by atoms with Gasteiger partial charge in [-0.3, -0.25) is 0 Å². The van der Waals surface area contributed by atoms with Crippen LogP contribution in [0.3, 0.4) is 0 Å². The van der Waals surface area contributed by atoms with E-state index in [2.05, 4.69) is 19.2 Å². The second-order valence-electron chi connectivity index (χ2n) is 5.11. The highest BCUT2D eigenvalue weighted by molar-refractivity contribution is 5.02. The number of nitrogens with one attached hydrogen (secondary N) is 1. The van der Waals surface area contributed by atoms with E-state index < -0.39 is 0 Å². The van der Waals surface area contributed by atoms with E-state index in [4.69, 9.17) is 10.5 Å². The second-order valence-corrected chi connectivity index (χ2v) is 5.11. The molecule has 1 saturated carbocycles. The Labute approximate surface area is 80.0 Å². The zero-order valence-electron chi connectivity index (χ0n) is 8.55. The van der Waals surface area contributed by atoms with Gasteiger partial charge in [0, 0.05) is 24.5 Å². The van der Waals surface area contributed by atoms with Crippen LogP contribution in [0.5, 0.6) is 0 Å². The fraction of sp³-hybridized carbons (Fsp3) is 1.00. The topological polar surface area (TPSA) is 47.3 Å². The summed E-state index contributed by atoms with van der Waals surface area (Å²) in [6.45, 7) is 7.20. The van der Waals surface area contributed by atoms with Crippen LogP contribution in [0.4, 0.5) is 0 Å². The summed E-state index contributed by atoms with van der Waals surface area (Å²) in [6, 6.07) is 0.953. The summed E-state index contributed by atoms with van der Waals surface area (Å²) < 4.78 is 5.31. The largest absolute Gasteiger partial charge is 0.379 e. The van der Waals surface area contributed by atoms with E-state index in [1.807, 2.05) is 0 Å². The summed E-state index contributed by atoms with van der Waals surface area (Å²) in [5.41, 5.74) is 6.41. The maximum absolute atomic E-state index is 5.89. The molecule has 3 nitrogen and oxygen atoms in total. The van der Waals surface area contributed by atoms with Crippen molar-refractivity contribution in [1.29, 1.82) is 0 Å². The van der Waals surface area contributed by atoms with Gasteiger partial charge in [-0.15, -0.1) is 0 Å². The lowest BCUT2D eigenvalue weighted by Crippen LogP contribution is -2.37. The van der Waals surface area contributed by atoms with E-state index in [0.717, 1.165) is 19.8 Å². The van der Waals surface area contributed by atoms with Crippen LogP contribution in [0.1, 0.15) is 20.3 Å². The Hall–Kier alpha value is -0.120. The lowest BCUT2D eigenvalue weighted by Gasteiger charge is -2.14. The monoisotopic (exact) mass is 184 g/mol. The first-order chi connectivity index (χ1) is 6.09. The van der Waals surface area contributed by atoms with Gasteiger partial charge in [0.2, 0.25) is 0 Å². The van der Waals surface area contributed by atoms with Gasteiger partial charge in [-0.2, -0.15) is 0 Å². The smallest absolute Gasteiger partial charge is 0.0621 e. The van der Waals surface area contributed by atoms with Gasteiger partial charge < -0.3 is 15.8 Å². The number of nitrogens with two attached hydrogens (primary N) is 1. The van der Waals surface area contributed by atoms with Gasteiger partial charge in [-0.25, -0.2) is 0 Å². The molecule has 3 N–H and O–H groups in total. The van der Waals surface area contributed by atoms with Gasteiger partial charge in [-0.05, 0) is 11.8 Å². The molecule has 3 unspecified atom stereocenters. The lowest BCUT2D eigenvalue weighted by molar-refractivity contribution is 0.183. The van der Waals surface area contributed by atoms with Crippen LogP contribution >= 0.6 is 0 Å². The van der Waals surface area contributed by atoms with Crippen molar-refractivity contribution in [2.45, 2.75) is 32.4 Å². The highest BCUT2D eigenvalue weighted by atomic mass is 16.5. The molecule has 1 aliphatic heterocycles.